The molecule has 0 aromatic carbocycles. The van der Waals surface area contributed by atoms with Gasteiger partial charge in [-0.05, 0) is 30.9 Å². The van der Waals surface area contributed by atoms with Gasteiger partial charge >= 0.3 is 0 Å². The number of aryl methyl sites for hydroxylation is 1. The van der Waals surface area contributed by atoms with Crippen molar-refractivity contribution in [3.63, 3.8) is 0 Å². The first-order valence-electron chi connectivity index (χ1n) is 8.81. The van der Waals surface area contributed by atoms with Crippen LogP contribution in [-0.4, -0.2) is 52.3 Å². The second-order valence-corrected chi connectivity index (χ2v) is 7.17. The summed E-state index contributed by atoms with van der Waals surface area (Å²) in [5.74, 6) is 0.373. The van der Waals surface area contributed by atoms with Gasteiger partial charge in [0.2, 0.25) is 5.95 Å². The van der Waals surface area contributed by atoms with Crippen molar-refractivity contribution in [2.24, 2.45) is 13.0 Å². The molecule has 0 saturated carbocycles. The van der Waals surface area contributed by atoms with Crippen LogP contribution in [0.4, 0.5) is 10.3 Å². The molecule has 2 aliphatic rings. The van der Waals surface area contributed by atoms with Crippen molar-refractivity contribution in [1.29, 1.82) is 0 Å². The number of carbonyl (C=O) groups excluding carboxylic acids is 1. The van der Waals surface area contributed by atoms with E-state index in [4.69, 9.17) is 4.74 Å². The number of nitrogens with zero attached hydrogens (tertiary/aromatic N) is 4. The minimum atomic E-state index is -0.432. The molecule has 2 aromatic heterocycles. The van der Waals surface area contributed by atoms with Crippen LogP contribution in [0.3, 0.4) is 0 Å². The highest BCUT2D eigenvalue weighted by Crippen LogP contribution is 2.37. The highest BCUT2D eigenvalue weighted by Gasteiger charge is 2.47. The maximum atomic E-state index is 12.9. The number of hydrogen-bond acceptors (Lipinski definition) is 5. The Morgan fingerprint density at radius 3 is 2.81 bits per heavy atom. The van der Waals surface area contributed by atoms with E-state index < -0.39 is 5.82 Å². The molecule has 2 fully saturated rings. The van der Waals surface area contributed by atoms with Gasteiger partial charge in [-0.2, -0.15) is 0 Å². The zero-order valence-electron chi connectivity index (χ0n) is 14.7. The lowest BCUT2D eigenvalue weighted by molar-refractivity contribution is -0.115. The molecule has 0 bridgehead atoms. The quantitative estimate of drug-likeness (QED) is 0.893. The summed E-state index contributed by atoms with van der Waals surface area (Å²) in [5.41, 5.74) is 0.503. The third-order valence-corrected chi connectivity index (χ3v) is 5.21. The molecule has 8 heteroatoms. The number of nitrogens with one attached hydrogen (secondary N) is 1. The molecule has 7 nitrogen and oxygen atoms in total. The Kier molecular flexibility index (Phi) is 4.36. The SMILES string of the molecule is Cn1cccc1C(=O)NCC1CCC2(CN(c3ncc(F)cn3)C2)OC1. The number of carbonyl (C=O) groups is 1. The molecule has 2 aromatic rings. The minimum Gasteiger partial charge on any atom is -0.371 e. The Balaban J connectivity index is 1.23. The van der Waals surface area contributed by atoms with Crippen molar-refractivity contribution in [2.45, 2.75) is 18.4 Å². The zero-order valence-corrected chi connectivity index (χ0v) is 14.7. The van der Waals surface area contributed by atoms with Gasteiger partial charge in [0, 0.05) is 19.8 Å². The molecule has 0 aliphatic carbocycles. The Morgan fingerprint density at radius 1 is 1.42 bits per heavy atom. The predicted molar refractivity (Wildman–Crippen MR) is 93.4 cm³/mol. The highest BCUT2D eigenvalue weighted by molar-refractivity contribution is 5.92. The van der Waals surface area contributed by atoms with E-state index in [1.54, 1.807) is 0 Å². The van der Waals surface area contributed by atoms with E-state index in [9.17, 15) is 9.18 Å². The second kappa shape index (κ2) is 6.68. The van der Waals surface area contributed by atoms with E-state index in [2.05, 4.69) is 15.3 Å². The fourth-order valence-electron chi connectivity index (χ4n) is 3.61. The third kappa shape index (κ3) is 3.29. The number of aromatic nitrogens is 3. The van der Waals surface area contributed by atoms with Gasteiger partial charge in [0.15, 0.2) is 5.82 Å². The smallest absolute Gasteiger partial charge is 0.267 e. The van der Waals surface area contributed by atoms with Crippen LogP contribution >= 0.6 is 0 Å². The maximum absolute atomic E-state index is 12.9. The van der Waals surface area contributed by atoms with E-state index in [0.717, 1.165) is 25.9 Å². The van der Waals surface area contributed by atoms with E-state index in [1.807, 2.05) is 34.8 Å². The number of halogens is 1. The highest BCUT2D eigenvalue weighted by atomic mass is 19.1. The predicted octanol–water partition coefficient (Wildman–Crippen LogP) is 1.37. The first-order valence-corrected chi connectivity index (χ1v) is 8.81. The van der Waals surface area contributed by atoms with E-state index >= 15 is 0 Å². The van der Waals surface area contributed by atoms with Crippen molar-refractivity contribution >= 4 is 11.9 Å². The lowest BCUT2D eigenvalue weighted by Gasteiger charge is -2.52. The Hall–Kier alpha value is -2.48. The molecule has 1 unspecified atom stereocenters. The summed E-state index contributed by atoms with van der Waals surface area (Å²) >= 11 is 0. The average molecular weight is 359 g/mol. The van der Waals surface area contributed by atoms with Crippen LogP contribution in [0.1, 0.15) is 23.3 Å². The van der Waals surface area contributed by atoms with Crippen LogP contribution in [-0.2, 0) is 11.8 Å². The molecule has 2 saturated heterocycles. The maximum Gasteiger partial charge on any atom is 0.267 e. The van der Waals surface area contributed by atoms with Gasteiger partial charge in [0.1, 0.15) is 11.3 Å². The fraction of sp³-hybridized carbons (Fsp3) is 0.500. The fourth-order valence-corrected chi connectivity index (χ4v) is 3.61. The van der Waals surface area contributed by atoms with Crippen molar-refractivity contribution in [1.82, 2.24) is 19.9 Å². The first-order chi connectivity index (χ1) is 12.5. The lowest BCUT2D eigenvalue weighted by atomic mass is 9.83. The molecule has 4 heterocycles. The van der Waals surface area contributed by atoms with Crippen LogP contribution in [0.25, 0.3) is 0 Å². The van der Waals surface area contributed by atoms with Gasteiger partial charge < -0.3 is 19.5 Å². The number of ether oxygens (including phenoxy) is 1. The molecule has 1 N–H and O–H groups in total. The summed E-state index contributed by atoms with van der Waals surface area (Å²) < 4.78 is 20.8. The van der Waals surface area contributed by atoms with E-state index in [-0.39, 0.29) is 11.5 Å². The molecule has 1 atom stereocenters. The van der Waals surface area contributed by atoms with Gasteiger partial charge in [0.25, 0.3) is 5.91 Å². The number of rotatable bonds is 4. The molecule has 1 amide bonds. The lowest BCUT2D eigenvalue weighted by Crippen LogP contribution is -2.65. The first kappa shape index (κ1) is 17.0. The summed E-state index contributed by atoms with van der Waals surface area (Å²) in [7, 11) is 1.86. The Bertz CT molecular complexity index is 775. The second-order valence-electron chi connectivity index (χ2n) is 7.17. The zero-order chi connectivity index (χ0) is 18.1. The molecular formula is C18H22FN5O2. The standard InChI is InChI=1S/C18H22FN5O2/c1-23-6-2-3-15(23)16(25)20-7-13-4-5-18(26-10-13)11-24(12-18)17-21-8-14(19)9-22-17/h2-3,6,8-9,13H,4-5,7,10-12H2,1H3,(H,20,25). The van der Waals surface area contributed by atoms with Crippen LogP contribution in [0, 0.1) is 11.7 Å². The summed E-state index contributed by atoms with van der Waals surface area (Å²) in [5, 5.41) is 2.99. The molecule has 2 aliphatic heterocycles. The minimum absolute atomic E-state index is 0.0546. The van der Waals surface area contributed by atoms with Crippen LogP contribution in [0.5, 0.6) is 0 Å². The van der Waals surface area contributed by atoms with Crippen LogP contribution in [0.2, 0.25) is 0 Å². The summed E-state index contributed by atoms with van der Waals surface area (Å²) in [6.07, 6.45) is 6.16. The molecule has 4 rings (SSSR count). The van der Waals surface area contributed by atoms with Crippen LogP contribution in [0.15, 0.2) is 30.7 Å². The van der Waals surface area contributed by atoms with Crippen molar-refractivity contribution in [3.8, 4) is 0 Å². The third-order valence-electron chi connectivity index (χ3n) is 5.21. The number of hydrogen-bond donors (Lipinski definition) is 1. The van der Waals surface area contributed by atoms with Gasteiger partial charge in [-0.15, -0.1) is 0 Å². The van der Waals surface area contributed by atoms with E-state index in [0.29, 0.717) is 30.7 Å². The topological polar surface area (TPSA) is 72.3 Å². The molecule has 0 radical (unpaired) electrons. The summed E-state index contributed by atoms with van der Waals surface area (Å²) in [6, 6.07) is 3.66. The van der Waals surface area contributed by atoms with E-state index in [1.165, 1.54) is 12.4 Å². The normalized spacial score (nSPS) is 21.5. The summed E-state index contributed by atoms with van der Waals surface area (Å²) in [6.45, 7) is 2.69. The average Bonchev–Trinajstić information content (AvgIpc) is 3.05. The Morgan fingerprint density at radius 2 is 2.19 bits per heavy atom. The number of anilines is 1. The van der Waals surface area contributed by atoms with Crippen molar-refractivity contribution in [2.75, 3.05) is 31.1 Å². The molecule has 1 spiro atoms. The molecular weight excluding hydrogens is 337 g/mol. The monoisotopic (exact) mass is 359 g/mol. The van der Waals surface area contributed by atoms with Crippen molar-refractivity contribution in [3.05, 3.63) is 42.2 Å². The van der Waals surface area contributed by atoms with Gasteiger partial charge in [0.05, 0.1) is 32.1 Å². The van der Waals surface area contributed by atoms with Crippen molar-refractivity contribution < 1.29 is 13.9 Å². The Labute approximate surface area is 151 Å². The largest absolute Gasteiger partial charge is 0.371 e. The molecule has 26 heavy (non-hydrogen) atoms. The van der Waals surface area contributed by atoms with Crippen LogP contribution < -0.4 is 10.2 Å². The molecule has 138 valence electrons. The van der Waals surface area contributed by atoms with Gasteiger partial charge in [-0.1, -0.05) is 0 Å². The number of amides is 1. The summed E-state index contributed by atoms with van der Waals surface area (Å²) in [4.78, 5) is 22.2. The van der Waals surface area contributed by atoms with Gasteiger partial charge in [-0.3, -0.25) is 4.79 Å². The van der Waals surface area contributed by atoms with Gasteiger partial charge in [-0.25, -0.2) is 14.4 Å².